The maximum atomic E-state index is 3.70. The molecule has 8 unspecified atom stereocenters. The van der Waals surface area contributed by atoms with E-state index in [0.29, 0.717) is 18.1 Å². The summed E-state index contributed by atoms with van der Waals surface area (Å²) >= 11 is 0. The second kappa shape index (κ2) is 7.54. The van der Waals surface area contributed by atoms with Crippen molar-refractivity contribution in [1.29, 1.82) is 0 Å². The van der Waals surface area contributed by atoms with Gasteiger partial charge in [-0.1, -0.05) is 25.7 Å². The van der Waals surface area contributed by atoms with Crippen LogP contribution < -0.4 is 44.1 Å². The van der Waals surface area contributed by atoms with Gasteiger partial charge in [0.1, 0.15) is 6.17 Å². The number of hydrazine groups is 11. The van der Waals surface area contributed by atoms with Gasteiger partial charge in [-0.15, -0.1) is 20.5 Å². The standard InChI is InChI=1S/C18H36N12/c1-2-4-12-8-15-14(7-11(12)3-1)16-9-13-5-6-19-23-27(13)25-29(16)30-17(15)10-18-20-21-22-24-28(18)26-30/h11-26H,1-10H2. The molecule has 2 saturated carbocycles. The SMILES string of the molecule is C1CCC2CC3C(CC2C1)C1CC2CCNNN2NN1N1NN2NNNNC2CC31. The monoisotopic (exact) mass is 420 g/mol. The van der Waals surface area contributed by atoms with Crippen LogP contribution in [-0.4, -0.2) is 51.3 Å². The van der Waals surface area contributed by atoms with Crippen molar-refractivity contribution in [1.82, 2.24) is 64.5 Å². The van der Waals surface area contributed by atoms with E-state index in [1.165, 1.54) is 51.4 Å². The highest BCUT2D eigenvalue weighted by Gasteiger charge is 2.57. The zero-order valence-electron chi connectivity index (χ0n) is 17.5. The van der Waals surface area contributed by atoms with Crippen molar-refractivity contribution in [2.24, 2.45) is 23.7 Å². The Labute approximate surface area is 177 Å². The van der Waals surface area contributed by atoms with Crippen LogP contribution in [0.15, 0.2) is 0 Å². The average molecular weight is 421 g/mol. The van der Waals surface area contributed by atoms with Gasteiger partial charge >= 0.3 is 0 Å². The van der Waals surface area contributed by atoms with Gasteiger partial charge < -0.3 is 0 Å². The van der Waals surface area contributed by atoms with Crippen molar-refractivity contribution in [3.8, 4) is 0 Å². The number of rotatable bonds is 0. The molecule has 0 aromatic carbocycles. The van der Waals surface area contributed by atoms with Gasteiger partial charge in [0.25, 0.3) is 0 Å². The van der Waals surface area contributed by atoms with E-state index >= 15 is 0 Å². The molecule has 0 amide bonds. The summed E-state index contributed by atoms with van der Waals surface area (Å²) in [5.41, 5.74) is 26.5. The summed E-state index contributed by atoms with van der Waals surface area (Å²) in [4.78, 5) is 0. The van der Waals surface area contributed by atoms with Crippen molar-refractivity contribution in [3.63, 3.8) is 0 Å². The summed E-state index contributed by atoms with van der Waals surface area (Å²) in [5, 5.41) is 8.95. The van der Waals surface area contributed by atoms with Crippen LogP contribution in [0.3, 0.4) is 0 Å². The fraction of sp³-hybridized carbons (Fsp3) is 1.00. The number of hydrogen-bond donors (Lipinski definition) is 8. The second-order valence-electron chi connectivity index (χ2n) is 10.3. The third-order valence-corrected chi connectivity index (χ3v) is 8.97. The summed E-state index contributed by atoms with van der Waals surface area (Å²) < 4.78 is 0. The first-order valence-corrected chi connectivity index (χ1v) is 12.0. The third kappa shape index (κ3) is 2.99. The van der Waals surface area contributed by atoms with Crippen molar-refractivity contribution >= 4 is 0 Å². The summed E-state index contributed by atoms with van der Waals surface area (Å²) in [6.45, 7) is 1.03. The maximum Gasteiger partial charge on any atom is 0.107 e. The van der Waals surface area contributed by atoms with Gasteiger partial charge in [0.2, 0.25) is 0 Å². The minimum atomic E-state index is 0.195. The fourth-order valence-electron chi connectivity index (χ4n) is 7.58. The van der Waals surface area contributed by atoms with Crippen LogP contribution in [0.4, 0.5) is 0 Å². The van der Waals surface area contributed by atoms with Gasteiger partial charge in [0, 0.05) is 24.7 Å². The molecule has 5 heterocycles. The van der Waals surface area contributed by atoms with E-state index in [-0.39, 0.29) is 6.17 Å². The predicted molar refractivity (Wildman–Crippen MR) is 108 cm³/mol. The van der Waals surface area contributed by atoms with Gasteiger partial charge in [-0.25, -0.2) is 10.9 Å². The van der Waals surface area contributed by atoms with Gasteiger partial charge in [-0.2, -0.15) is 33.2 Å². The molecule has 7 fully saturated rings. The van der Waals surface area contributed by atoms with E-state index in [9.17, 15) is 0 Å². The van der Waals surface area contributed by atoms with Crippen molar-refractivity contribution in [2.45, 2.75) is 82.1 Å². The molecular formula is C18H36N12. The Morgan fingerprint density at radius 3 is 2.20 bits per heavy atom. The molecule has 7 aliphatic rings. The molecule has 2 aliphatic carbocycles. The van der Waals surface area contributed by atoms with Gasteiger partial charge in [0.15, 0.2) is 0 Å². The normalized spacial score (nSPS) is 50.4. The van der Waals surface area contributed by atoms with Gasteiger partial charge in [0.05, 0.1) is 0 Å². The lowest BCUT2D eigenvalue weighted by Gasteiger charge is -2.65. The van der Waals surface area contributed by atoms with Crippen LogP contribution in [0.2, 0.25) is 0 Å². The summed E-state index contributed by atoms with van der Waals surface area (Å²) in [6, 6.07) is 1.53. The first-order valence-electron chi connectivity index (χ1n) is 12.0. The second-order valence-corrected chi connectivity index (χ2v) is 10.3. The molecule has 8 atom stereocenters. The quantitative estimate of drug-likeness (QED) is 0.233. The first-order chi connectivity index (χ1) is 14.8. The Kier molecular flexibility index (Phi) is 4.78. The lowest BCUT2D eigenvalue weighted by molar-refractivity contribution is -0.353. The molecule has 0 bridgehead atoms. The third-order valence-electron chi connectivity index (χ3n) is 8.97. The summed E-state index contributed by atoms with van der Waals surface area (Å²) in [6.07, 6.45) is 12.3. The summed E-state index contributed by atoms with van der Waals surface area (Å²) in [7, 11) is 0. The molecule has 168 valence electrons. The van der Waals surface area contributed by atoms with Crippen LogP contribution in [-0.2, 0) is 0 Å². The van der Waals surface area contributed by atoms with E-state index < -0.39 is 0 Å². The van der Waals surface area contributed by atoms with E-state index in [0.717, 1.165) is 36.6 Å². The number of nitrogens with one attached hydrogen (secondary N) is 8. The molecule has 0 spiro atoms. The smallest absolute Gasteiger partial charge is 0.107 e. The van der Waals surface area contributed by atoms with Gasteiger partial charge in [-0.3, -0.25) is 0 Å². The van der Waals surface area contributed by atoms with Crippen LogP contribution in [0.1, 0.15) is 57.8 Å². The van der Waals surface area contributed by atoms with E-state index in [1.807, 2.05) is 5.12 Å². The molecule has 5 aliphatic heterocycles. The Bertz CT molecular complexity index is 499. The number of nitrogens with zero attached hydrogens (tertiary/aromatic N) is 4. The number of fused-ring (bicyclic) bond motifs is 9. The van der Waals surface area contributed by atoms with Crippen LogP contribution in [0.25, 0.3) is 0 Å². The minimum absolute atomic E-state index is 0.195. The van der Waals surface area contributed by atoms with Crippen molar-refractivity contribution in [3.05, 3.63) is 0 Å². The maximum absolute atomic E-state index is 3.70. The molecule has 0 aromatic heterocycles. The first kappa shape index (κ1) is 19.0. The topological polar surface area (TPSA) is 109 Å². The lowest BCUT2D eigenvalue weighted by Crippen LogP contribution is -2.87. The predicted octanol–water partition coefficient (Wildman–Crippen LogP) is -1.52. The molecule has 5 saturated heterocycles. The summed E-state index contributed by atoms with van der Waals surface area (Å²) in [5.74, 6) is 3.41. The molecule has 12 nitrogen and oxygen atoms in total. The van der Waals surface area contributed by atoms with E-state index in [2.05, 4.69) is 59.4 Å². The molecule has 8 N–H and O–H groups in total. The molecular weight excluding hydrogens is 384 g/mol. The highest BCUT2D eigenvalue weighted by Crippen LogP contribution is 2.53. The zero-order valence-corrected chi connectivity index (χ0v) is 17.5. The Hall–Kier alpha value is -0.480. The van der Waals surface area contributed by atoms with Crippen molar-refractivity contribution < 1.29 is 0 Å². The largest absolute Gasteiger partial charge is 0.243 e. The molecule has 7 rings (SSSR count). The Morgan fingerprint density at radius 2 is 1.40 bits per heavy atom. The lowest BCUT2D eigenvalue weighted by atomic mass is 9.58. The Morgan fingerprint density at radius 1 is 0.667 bits per heavy atom. The zero-order chi connectivity index (χ0) is 19.7. The number of hydrogen-bond acceptors (Lipinski definition) is 12. The van der Waals surface area contributed by atoms with Gasteiger partial charge in [-0.05, 0) is 55.8 Å². The molecule has 0 radical (unpaired) electrons. The highest BCUT2D eigenvalue weighted by molar-refractivity contribution is 5.03. The van der Waals surface area contributed by atoms with Crippen LogP contribution in [0.5, 0.6) is 0 Å². The average Bonchev–Trinajstić information content (AvgIpc) is 2.81. The minimum Gasteiger partial charge on any atom is -0.243 e. The van der Waals surface area contributed by atoms with E-state index in [4.69, 9.17) is 0 Å². The van der Waals surface area contributed by atoms with Crippen LogP contribution >= 0.6 is 0 Å². The molecule has 0 aromatic rings. The van der Waals surface area contributed by atoms with Crippen molar-refractivity contribution in [2.75, 3.05) is 6.54 Å². The molecule has 30 heavy (non-hydrogen) atoms. The Balaban J connectivity index is 1.22. The molecule has 12 heteroatoms. The van der Waals surface area contributed by atoms with E-state index in [1.54, 1.807) is 0 Å². The fourth-order valence-corrected chi connectivity index (χ4v) is 7.58. The van der Waals surface area contributed by atoms with Crippen LogP contribution in [0, 0.1) is 23.7 Å². The highest BCUT2D eigenvalue weighted by atomic mass is 16.1.